The van der Waals surface area contributed by atoms with E-state index in [1.807, 2.05) is 0 Å². The molecule has 0 fully saturated rings. The summed E-state index contributed by atoms with van der Waals surface area (Å²) in [6.07, 6.45) is 0.332. The fraction of sp³-hybridized carbons (Fsp3) is 0.176. The number of hydrogen-bond acceptors (Lipinski definition) is 4. The second-order valence-electron chi connectivity index (χ2n) is 5.40. The number of anilines is 2. The molecule has 0 unspecified atom stereocenters. The Morgan fingerprint density at radius 1 is 0.960 bits per heavy atom. The molecule has 0 radical (unpaired) electrons. The number of aryl methyl sites for hydroxylation is 1. The van der Waals surface area contributed by atoms with Gasteiger partial charge in [0.15, 0.2) is 0 Å². The van der Waals surface area contributed by atoms with Crippen LogP contribution in [0.2, 0.25) is 0 Å². The summed E-state index contributed by atoms with van der Waals surface area (Å²) in [4.78, 5) is 21.6. The van der Waals surface area contributed by atoms with Crippen LogP contribution in [-0.2, 0) is 26.0 Å². The quantitative estimate of drug-likeness (QED) is 0.700. The summed E-state index contributed by atoms with van der Waals surface area (Å²) in [7, 11) is -3.75. The Bertz CT molecular complexity index is 859. The predicted molar refractivity (Wildman–Crippen MR) is 94.0 cm³/mol. The van der Waals surface area contributed by atoms with E-state index in [1.54, 1.807) is 36.4 Å². The van der Waals surface area contributed by atoms with Gasteiger partial charge in [-0.3, -0.25) is 14.3 Å². The summed E-state index contributed by atoms with van der Waals surface area (Å²) < 4.78 is 27.2. The van der Waals surface area contributed by atoms with Crippen molar-refractivity contribution in [2.45, 2.75) is 24.7 Å². The van der Waals surface area contributed by atoms with E-state index in [4.69, 9.17) is 5.11 Å². The van der Waals surface area contributed by atoms with E-state index in [1.165, 1.54) is 19.1 Å². The Morgan fingerprint density at radius 3 is 2.04 bits per heavy atom. The van der Waals surface area contributed by atoms with E-state index in [0.717, 1.165) is 5.56 Å². The molecule has 2 aromatic rings. The first kappa shape index (κ1) is 18.5. The van der Waals surface area contributed by atoms with Gasteiger partial charge < -0.3 is 10.4 Å². The molecule has 0 aromatic heterocycles. The number of carboxylic acid groups (broad SMARTS) is 1. The number of amides is 1. The first-order valence-corrected chi connectivity index (χ1v) is 8.96. The minimum atomic E-state index is -3.75. The van der Waals surface area contributed by atoms with Crippen molar-refractivity contribution in [2.24, 2.45) is 0 Å². The summed E-state index contributed by atoms with van der Waals surface area (Å²) in [5, 5.41) is 11.3. The van der Waals surface area contributed by atoms with Gasteiger partial charge in [0.05, 0.1) is 4.90 Å². The Labute approximate surface area is 145 Å². The summed E-state index contributed by atoms with van der Waals surface area (Å²) in [5.41, 5.74) is 1.68. The van der Waals surface area contributed by atoms with Gasteiger partial charge in [-0.15, -0.1) is 0 Å². The van der Waals surface area contributed by atoms with Crippen molar-refractivity contribution in [1.29, 1.82) is 0 Å². The molecule has 8 heteroatoms. The summed E-state index contributed by atoms with van der Waals surface area (Å²) in [5.74, 6) is -1.11. The maximum atomic E-state index is 12.4. The van der Waals surface area contributed by atoms with Crippen LogP contribution in [0.3, 0.4) is 0 Å². The second kappa shape index (κ2) is 7.80. The number of hydrogen-bond donors (Lipinski definition) is 3. The maximum Gasteiger partial charge on any atom is 0.303 e. The molecule has 0 aliphatic carbocycles. The Kier molecular flexibility index (Phi) is 5.76. The molecule has 0 spiro atoms. The number of carbonyl (C=O) groups excluding carboxylic acids is 1. The lowest BCUT2D eigenvalue weighted by Crippen LogP contribution is -2.13. The van der Waals surface area contributed by atoms with E-state index >= 15 is 0 Å². The van der Waals surface area contributed by atoms with Crippen LogP contribution in [0.25, 0.3) is 0 Å². The maximum absolute atomic E-state index is 12.4. The number of carbonyl (C=O) groups is 2. The molecule has 132 valence electrons. The molecule has 25 heavy (non-hydrogen) atoms. The van der Waals surface area contributed by atoms with Crippen LogP contribution in [-0.4, -0.2) is 25.4 Å². The lowest BCUT2D eigenvalue weighted by atomic mass is 10.1. The average Bonchev–Trinajstić information content (AvgIpc) is 2.54. The molecule has 3 N–H and O–H groups in total. The third-order valence-corrected chi connectivity index (χ3v) is 4.72. The third kappa shape index (κ3) is 5.61. The lowest BCUT2D eigenvalue weighted by Gasteiger charge is -2.10. The zero-order valence-electron chi connectivity index (χ0n) is 13.5. The van der Waals surface area contributed by atoms with E-state index in [0.29, 0.717) is 17.8 Å². The van der Waals surface area contributed by atoms with Gasteiger partial charge >= 0.3 is 5.97 Å². The number of nitrogens with one attached hydrogen (secondary N) is 2. The molecule has 0 heterocycles. The summed E-state index contributed by atoms with van der Waals surface area (Å²) >= 11 is 0. The van der Waals surface area contributed by atoms with Crippen molar-refractivity contribution < 1.29 is 23.1 Å². The Morgan fingerprint density at radius 2 is 1.52 bits per heavy atom. The van der Waals surface area contributed by atoms with E-state index in [9.17, 15) is 18.0 Å². The molecule has 2 rings (SSSR count). The zero-order chi connectivity index (χ0) is 18.4. The molecular weight excluding hydrogens is 344 g/mol. The van der Waals surface area contributed by atoms with Crippen molar-refractivity contribution in [3.63, 3.8) is 0 Å². The van der Waals surface area contributed by atoms with Crippen LogP contribution in [0, 0.1) is 0 Å². The lowest BCUT2D eigenvalue weighted by molar-refractivity contribution is -0.137. The highest BCUT2D eigenvalue weighted by molar-refractivity contribution is 7.92. The smallest absolute Gasteiger partial charge is 0.303 e. The predicted octanol–water partition coefficient (Wildman–Crippen LogP) is 2.46. The van der Waals surface area contributed by atoms with Gasteiger partial charge in [-0.1, -0.05) is 12.1 Å². The number of benzene rings is 2. The Balaban J connectivity index is 2.08. The number of rotatable bonds is 7. The second-order valence-corrected chi connectivity index (χ2v) is 7.08. The van der Waals surface area contributed by atoms with Crippen molar-refractivity contribution in [1.82, 2.24) is 0 Å². The van der Waals surface area contributed by atoms with Gasteiger partial charge in [-0.25, -0.2) is 8.42 Å². The van der Waals surface area contributed by atoms with Crippen molar-refractivity contribution >= 4 is 33.3 Å². The van der Waals surface area contributed by atoms with Gasteiger partial charge in [0, 0.05) is 24.7 Å². The number of aliphatic carboxylic acids is 1. The van der Waals surface area contributed by atoms with Gasteiger partial charge in [-0.2, -0.15) is 0 Å². The standard InChI is InChI=1S/C17H18N2O5S/c1-12(20)18-14-5-7-15(8-6-14)19-25(23,24)16-9-2-13(3-10-16)4-11-17(21)22/h2-3,5-10,19H,4,11H2,1H3,(H,18,20)(H,21,22). The SMILES string of the molecule is CC(=O)Nc1ccc(NS(=O)(=O)c2ccc(CCC(=O)O)cc2)cc1. The number of carboxylic acids is 1. The van der Waals surface area contributed by atoms with E-state index in [2.05, 4.69) is 10.0 Å². The molecule has 0 aliphatic rings. The van der Waals surface area contributed by atoms with Crippen LogP contribution in [0.5, 0.6) is 0 Å². The first-order valence-electron chi connectivity index (χ1n) is 7.47. The normalized spacial score (nSPS) is 10.9. The van der Waals surface area contributed by atoms with Gasteiger partial charge in [-0.05, 0) is 48.4 Å². The van der Waals surface area contributed by atoms with Crippen molar-refractivity contribution in [3.8, 4) is 0 Å². The van der Waals surface area contributed by atoms with Crippen LogP contribution >= 0.6 is 0 Å². The molecule has 0 bridgehead atoms. The number of sulfonamides is 1. The van der Waals surface area contributed by atoms with Gasteiger partial charge in [0.1, 0.15) is 0 Å². The minimum absolute atomic E-state index is 0.00893. The zero-order valence-corrected chi connectivity index (χ0v) is 14.3. The Hall–Kier alpha value is -2.87. The minimum Gasteiger partial charge on any atom is -0.481 e. The van der Waals surface area contributed by atoms with Gasteiger partial charge in [0.25, 0.3) is 10.0 Å². The van der Waals surface area contributed by atoms with Crippen LogP contribution in [0.1, 0.15) is 18.9 Å². The molecule has 0 aliphatic heterocycles. The largest absolute Gasteiger partial charge is 0.481 e. The van der Waals surface area contributed by atoms with Crippen molar-refractivity contribution in [2.75, 3.05) is 10.0 Å². The highest BCUT2D eigenvalue weighted by Gasteiger charge is 2.14. The van der Waals surface area contributed by atoms with Crippen LogP contribution in [0.15, 0.2) is 53.4 Å². The van der Waals surface area contributed by atoms with E-state index < -0.39 is 16.0 Å². The molecule has 1 amide bonds. The van der Waals surface area contributed by atoms with Crippen LogP contribution < -0.4 is 10.0 Å². The molecule has 2 aromatic carbocycles. The first-order chi connectivity index (χ1) is 11.8. The molecule has 0 saturated carbocycles. The highest BCUT2D eigenvalue weighted by atomic mass is 32.2. The van der Waals surface area contributed by atoms with Gasteiger partial charge in [0.2, 0.25) is 5.91 Å². The summed E-state index contributed by atoms with van der Waals surface area (Å²) in [6.45, 7) is 1.39. The summed E-state index contributed by atoms with van der Waals surface area (Å²) in [6, 6.07) is 12.3. The van der Waals surface area contributed by atoms with E-state index in [-0.39, 0.29) is 17.2 Å². The third-order valence-electron chi connectivity index (χ3n) is 3.32. The topological polar surface area (TPSA) is 113 Å². The average molecular weight is 362 g/mol. The van der Waals surface area contributed by atoms with Crippen molar-refractivity contribution in [3.05, 3.63) is 54.1 Å². The molecular formula is C17H18N2O5S. The fourth-order valence-electron chi connectivity index (χ4n) is 2.13. The molecule has 0 atom stereocenters. The fourth-order valence-corrected chi connectivity index (χ4v) is 3.18. The van der Waals surface area contributed by atoms with Crippen LogP contribution in [0.4, 0.5) is 11.4 Å². The molecule has 0 saturated heterocycles. The molecule has 7 nitrogen and oxygen atoms in total. The highest BCUT2D eigenvalue weighted by Crippen LogP contribution is 2.19. The monoisotopic (exact) mass is 362 g/mol.